The van der Waals surface area contributed by atoms with Crippen molar-refractivity contribution in [1.29, 1.82) is 0 Å². The fourth-order valence-corrected chi connectivity index (χ4v) is 2.30. The molecule has 1 aliphatic heterocycles. The number of nitrogens with two attached hydrogens (primary N) is 1. The van der Waals surface area contributed by atoms with Crippen molar-refractivity contribution in [2.24, 2.45) is 5.73 Å². The van der Waals surface area contributed by atoms with E-state index in [0.29, 0.717) is 17.7 Å². The van der Waals surface area contributed by atoms with E-state index in [2.05, 4.69) is 10.3 Å². The highest BCUT2D eigenvalue weighted by atomic mass is 16.2. The number of pyridine rings is 1. The van der Waals surface area contributed by atoms with Gasteiger partial charge in [0.25, 0.3) is 5.91 Å². The number of carbonyl (C=O) groups is 2. The second-order valence-corrected chi connectivity index (χ2v) is 5.11. The highest BCUT2D eigenvalue weighted by molar-refractivity contribution is 5.95. The van der Waals surface area contributed by atoms with Gasteiger partial charge in [0.15, 0.2) is 0 Å². The minimum Gasteiger partial charge on any atom is -0.355 e. The number of likely N-dealkylation sites (tertiary alicyclic amines) is 1. The number of hydrogen-bond donors (Lipinski definition) is 2. The van der Waals surface area contributed by atoms with E-state index in [4.69, 9.17) is 5.73 Å². The van der Waals surface area contributed by atoms with Gasteiger partial charge in [0.2, 0.25) is 5.91 Å². The normalized spacial score (nSPS) is 18.8. The third kappa shape index (κ3) is 4.13. The standard InChI is InChI=1S/C15H20N4O2/c1-17-15(21)12-7-11(8-18-9-12)4-5-14(20)19-6-2-3-13(16)10-19/h4-5,7-9,13H,2-3,6,10,16H2,1H3,(H,17,21). The predicted octanol–water partition coefficient (Wildman–Crippen LogP) is 0.404. The lowest BCUT2D eigenvalue weighted by atomic mass is 10.1. The van der Waals surface area contributed by atoms with Gasteiger partial charge in [-0.05, 0) is 30.5 Å². The first-order valence-corrected chi connectivity index (χ1v) is 7.00. The molecule has 0 aromatic carbocycles. The van der Waals surface area contributed by atoms with Crippen molar-refractivity contribution < 1.29 is 9.59 Å². The third-order valence-corrected chi connectivity index (χ3v) is 3.44. The van der Waals surface area contributed by atoms with E-state index in [1.807, 2.05) is 0 Å². The Kier molecular flexibility index (Phi) is 5.05. The van der Waals surface area contributed by atoms with Crippen molar-refractivity contribution in [2.45, 2.75) is 18.9 Å². The molecule has 1 aliphatic rings. The zero-order chi connectivity index (χ0) is 15.2. The molecule has 2 amide bonds. The van der Waals surface area contributed by atoms with Gasteiger partial charge in [-0.15, -0.1) is 0 Å². The highest BCUT2D eigenvalue weighted by Crippen LogP contribution is 2.10. The minimum absolute atomic E-state index is 0.0597. The van der Waals surface area contributed by atoms with Crippen LogP contribution in [-0.4, -0.2) is 47.9 Å². The van der Waals surface area contributed by atoms with E-state index < -0.39 is 0 Å². The third-order valence-electron chi connectivity index (χ3n) is 3.44. The van der Waals surface area contributed by atoms with Crippen LogP contribution in [0.5, 0.6) is 0 Å². The summed E-state index contributed by atoms with van der Waals surface area (Å²) in [5.74, 6) is -0.262. The van der Waals surface area contributed by atoms with E-state index in [1.54, 1.807) is 30.3 Å². The Balaban J connectivity index is 2.03. The average molecular weight is 288 g/mol. The lowest BCUT2D eigenvalue weighted by Crippen LogP contribution is -2.45. The fraction of sp³-hybridized carbons (Fsp3) is 0.400. The number of nitrogens with one attached hydrogen (secondary N) is 1. The van der Waals surface area contributed by atoms with Crippen LogP contribution in [0, 0.1) is 0 Å². The number of aromatic nitrogens is 1. The van der Waals surface area contributed by atoms with Crippen LogP contribution in [0.1, 0.15) is 28.8 Å². The summed E-state index contributed by atoms with van der Waals surface area (Å²) >= 11 is 0. The molecule has 3 N–H and O–H groups in total. The number of carbonyl (C=O) groups excluding carboxylic acids is 2. The van der Waals surface area contributed by atoms with Crippen molar-refractivity contribution in [2.75, 3.05) is 20.1 Å². The summed E-state index contributed by atoms with van der Waals surface area (Å²) in [7, 11) is 1.56. The number of rotatable bonds is 3. The van der Waals surface area contributed by atoms with E-state index in [0.717, 1.165) is 19.4 Å². The molecule has 0 spiro atoms. The Morgan fingerprint density at radius 2 is 2.29 bits per heavy atom. The zero-order valence-corrected chi connectivity index (χ0v) is 12.1. The van der Waals surface area contributed by atoms with Crippen LogP contribution in [0.2, 0.25) is 0 Å². The van der Waals surface area contributed by atoms with Crippen LogP contribution >= 0.6 is 0 Å². The van der Waals surface area contributed by atoms with E-state index >= 15 is 0 Å². The number of amides is 2. The van der Waals surface area contributed by atoms with Crippen LogP contribution in [0.4, 0.5) is 0 Å². The molecule has 0 saturated carbocycles. The smallest absolute Gasteiger partial charge is 0.252 e. The van der Waals surface area contributed by atoms with Crippen molar-refractivity contribution in [3.63, 3.8) is 0 Å². The van der Waals surface area contributed by atoms with Gasteiger partial charge in [-0.1, -0.05) is 0 Å². The first-order chi connectivity index (χ1) is 10.1. The molecule has 2 rings (SSSR count). The van der Waals surface area contributed by atoms with Gasteiger partial charge in [-0.2, -0.15) is 0 Å². The molecule has 1 aromatic rings. The summed E-state index contributed by atoms with van der Waals surface area (Å²) in [5, 5.41) is 2.54. The molecule has 1 fully saturated rings. The Hall–Kier alpha value is -2.21. The second-order valence-electron chi connectivity index (χ2n) is 5.11. The lowest BCUT2D eigenvalue weighted by Gasteiger charge is -2.29. The molecule has 6 heteroatoms. The SMILES string of the molecule is CNC(=O)c1cncc(C=CC(=O)N2CCCC(N)C2)c1. The molecular formula is C15H20N4O2. The minimum atomic E-state index is -0.203. The zero-order valence-electron chi connectivity index (χ0n) is 12.1. The molecule has 1 atom stereocenters. The molecular weight excluding hydrogens is 268 g/mol. The topological polar surface area (TPSA) is 88.3 Å². The van der Waals surface area contributed by atoms with Crippen LogP contribution in [0.15, 0.2) is 24.5 Å². The first-order valence-electron chi connectivity index (χ1n) is 7.00. The quantitative estimate of drug-likeness (QED) is 0.788. The Bertz CT molecular complexity index is 556. The predicted molar refractivity (Wildman–Crippen MR) is 80.5 cm³/mol. The highest BCUT2D eigenvalue weighted by Gasteiger charge is 2.19. The summed E-state index contributed by atoms with van der Waals surface area (Å²) in [6, 6.07) is 1.76. The molecule has 112 valence electrons. The summed E-state index contributed by atoms with van der Waals surface area (Å²) in [5.41, 5.74) is 7.04. The first kappa shape index (κ1) is 15.2. The summed E-state index contributed by atoms with van der Waals surface area (Å²) in [6.07, 6.45) is 8.17. The van der Waals surface area contributed by atoms with E-state index in [9.17, 15) is 9.59 Å². The summed E-state index contributed by atoms with van der Waals surface area (Å²) in [6.45, 7) is 1.34. The largest absolute Gasteiger partial charge is 0.355 e. The van der Waals surface area contributed by atoms with E-state index in [1.165, 1.54) is 12.3 Å². The Morgan fingerprint density at radius 1 is 1.48 bits per heavy atom. The monoisotopic (exact) mass is 288 g/mol. The molecule has 0 bridgehead atoms. The average Bonchev–Trinajstić information content (AvgIpc) is 2.52. The molecule has 2 heterocycles. The maximum absolute atomic E-state index is 12.1. The van der Waals surface area contributed by atoms with Gasteiger partial charge in [0.1, 0.15) is 0 Å². The van der Waals surface area contributed by atoms with Crippen LogP contribution < -0.4 is 11.1 Å². The number of piperidine rings is 1. The Morgan fingerprint density at radius 3 is 3.00 bits per heavy atom. The van der Waals surface area contributed by atoms with Crippen molar-refractivity contribution in [3.05, 3.63) is 35.7 Å². The molecule has 6 nitrogen and oxygen atoms in total. The molecule has 1 saturated heterocycles. The van der Waals surface area contributed by atoms with Crippen LogP contribution in [-0.2, 0) is 4.79 Å². The van der Waals surface area contributed by atoms with E-state index in [-0.39, 0.29) is 17.9 Å². The maximum Gasteiger partial charge on any atom is 0.252 e. The van der Waals surface area contributed by atoms with Crippen molar-refractivity contribution in [3.8, 4) is 0 Å². The van der Waals surface area contributed by atoms with Gasteiger partial charge in [-0.25, -0.2) is 0 Å². The van der Waals surface area contributed by atoms with Crippen LogP contribution in [0.3, 0.4) is 0 Å². The fourth-order valence-electron chi connectivity index (χ4n) is 2.30. The Labute approximate surface area is 124 Å². The molecule has 0 radical (unpaired) electrons. The maximum atomic E-state index is 12.1. The summed E-state index contributed by atoms with van der Waals surface area (Å²) < 4.78 is 0. The van der Waals surface area contributed by atoms with Gasteiger partial charge in [0, 0.05) is 44.6 Å². The van der Waals surface area contributed by atoms with Gasteiger partial charge >= 0.3 is 0 Å². The van der Waals surface area contributed by atoms with Gasteiger partial charge in [0.05, 0.1) is 5.56 Å². The molecule has 0 aliphatic carbocycles. The van der Waals surface area contributed by atoms with Crippen molar-refractivity contribution >= 4 is 17.9 Å². The number of hydrogen-bond acceptors (Lipinski definition) is 4. The van der Waals surface area contributed by atoms with Gasteiger partial charge in [-0.3, -0.25) is 14.6 Å². The second kappa shape index (κ2) is 6.99. The van der Waals surface area contributed by atoms with Gasteiger partial charge < -0.3 is 16.0 Å². The molecule has 1 unspecified atom stereocenters. The number of nitrogens with zero attached hydrogens (tertiary/aromatic N) is 2. The lowest BCUT2D eigenvalue weighted by molar-refractivity contribution is -0.127. The molecule has 21 heavy (non-hydrogen) atoms. The van der Waals surface area contributed by atoms with Crippen LogP contribution in [0.25, 0.3) is 6.08 Å². The van der Waals surface area contributed by atoms with Crippen molar-refractivity contribution in [1.82, 2.24) is 15.2 Å². The summed E-state index contributed by atoms with van der Waals surface area (Å²) in [4.78, 5) is 29.3. The molecule has 1 aromatic heterocycles.